The molecule has 5 nitrogen and oxygen atoms in total. The van der Waals surface area contributed by atoms with Crippen LogP contribution in [0.25, 0.3) is 0 Å². The Hall–Kier alpha value is -2.18. The summed E-state index contributed by atoms with van der Waals surface area (Å²) in [5.41, 5.74) is 1.35. The highest BCUT2D eigenvalue weighted by molar-refractivity contribution is 8.01. The number of carbonyl (C=O) groups excluding carboxylic acids is 2. The van der Waals surface area contributed by atoms with Gasteiger partial charge < -0.3 is 15.4 Å². The number of methoxy groups -OCH3 is 1. The van der Waals surface area contributed by atoms with Gasteiger partial charge in [-0.1, -0.05) is 11.6 Å². The third kappa shape index (κ3) is 3.83. The Morgan fingerprint density at radius 2 is 2.04 bits per heavy atom. The molecule has 1 aliphatic rings. The second kappa shape index (κ2) is 7.15. The number of halogens is 1. The molecule has 7 heteroatoms. The van der Waals surface area contributed by atoms with E-state index in [0.717, 1.165) is 4.90 Å². The van der Waals surface area contributed by atoms with E-state index < -0.39 is 5.25 Å². The van der Waals surface area contributed by atoms with Crippen molar-refractivity contribution < 1.29 is 14.3 Å². The van der Waals surface area contributed by atoms with Crippen LogP contribution in [0, 0.1) is 0 Å². The summed E-state index contributed by atoms with van der Waals surface area (Å²) < 4.78 is 5.07. The fraction of sp³-hybridized carbons (Fsp3) is 0.176. The first-order valence-electron chi connectivity index (χ1n) is 7.26. The van der Waals surface area contributed by atoms with E-state index in [4.69, 9.17) is 16.3 Å². The summed E-state index contributed by atoms with van der Waals surface area (Å²) in [5.74, 6) is 0.301. The van der Waals surface area contributed by atoms with Gasteiger partial charge in [-0.25, -0.2) is 0 Å². The topological polar surface area (TPSA) is 67.4 Å². The lowest BCUT2D eigenvalue weighted by molar-refractivity contribution is -0.120. The van der Waals surface area contributed by atoms with Crippen LogP contribution in [-0.4, -0.2) is 24.2 Å². The van der Waals surface area contributed by atoms with Crippen molar-refractivity contribution >= 4 is 46.6 Å². The van der Waals surface area contributed by atoms with E-state index >= 15 is 0 Å². The number of benzene rings is 2. The van der Waals surface area contributed by atoms with Crippen LogP contribution in [0.15, 0.2) is 47.4 Å². The number of hydrogen-bond acceptors (Lipinski definition) is 4. The van der Waals surface area contributed by atoms with Crippen LogP contribution < -0.4 is 15.4 Å². The van der Waals surface area contributed by atoms with Crippen molar-refractivity contribution in [3.05, 3.63) is 47.5 Å². The summed E-state index contributed by atoms with van der Waals surface area (Å²) in [6, 6.07) is 12.3. The van der Waals surface area contributed by atoms with E-state index in [0.29, 0.717) is 22.1 Å². The smallest absolute Gasteiger partial charge is 0.238 e. The van der Waals surface area contributed by atoms with Gasteiger partial charge in [0.1, 0.15) is 5.75 Å². The predicted octanol–water partition coefficient (Wildman–Crippen LogP) is 3.79. The molecule has 0 spiro atoms. The molecule has 0 radical (unpaired) electrons. The molecule has 0 aliphatic carbocycles. The zero-order chi connectivity index (χ0) is 17.1. The molecule has 2 N–H and O–H groups in total. The van der Waals surface area contributed by atoms with Gasteiger partial charge in [0.25, 0.3) is 0 Å². The van der Waals surface area contributed by atoms with Gasteiger partial charge >= 0.3 is 0 Å². The first kappa shape index (κ1) is 16.7. The van der Waals surface area contributed by atoms with Gasteiger partial charge in [0.05, 0.1) is 18.0 Å². The van der Waals surface area contributed by atoms with E-state index in [9.17, 15) is 9.59 Å². The van der Waals surface area contributed by atoms with Crippen molar-refractivity contribution in [2.75, 3.05) is 17.7 Å². The van der Waals surface area contributed by atoms with Crippen LogP contribution in [0.1, 0.15) is 6.42 Å². The Kier molecular flexibility index (Phi) is 4.97. The van der Waals surface area contributed by atoms with Gasteiger partial charge in [-0.15, -0.1) is 11.8 Å². The fourth-order valence-electron chi connectivity index (χ4n) is 2.31. The lowest BCUT2D eigenvalue weighted by Crippen LogP contribution is -2.32. The van der Waals surface area contributed by atoms with Crippen molar-refractivity contribution in [1.29, 1.82) is 0 Å². The summed E-state index contributed by atoms with van der Waals surface area (Å²) in [5, 5.41) is 5.67. The van der Waals surface area contributed by atoms with Crippen molar-refractivity contribution in [1.82, 2.24) is 0 Å². The SMILES string of the molecule is COc1ccc(NC(=O)C[C@H]2Sc3ccc(Cl)cc3NC2=O)cc1. The molecular weight excluding hydrogens is 348 g/mol. The summed E-state index contributed by atoms with van der Waals surface area (Å²) in [6.07, 6.45) is 0.0879. The minimum atomic E-state index is -0.475. The molecule has 1 heterocycles. The number of thioether (sulfide) groups is 1. The molecule has 124 valence electrons. The van der Waals surface area contributed by atoms with Crippen molar-refractivity contribution in [3.8, 4) is 5.75 Å². The second-order valence-corrected chi connectivity index (χ2v) is 6.90. The largest absolute Gasteiger partial charge is 0.497 e. The maximum Gasteiger partial charge on any atom is 0.238 e. The maximum absolute atomic E-state index is 12.2. The Balaban J connectivity index is 1.63. The maximum atomic E-state index is 12.2. The molecule has 1 atom stereocenters. The van der Waals surface area contributed by atoms with Crippen LogP contribution in [0.5, 0.6) is 5.75 Å². The van der Waals surface area contributed by atoms with E-state index in [-0.39, 0.29) is 18.2 Å². The lowest BCUT2D eigenvalue weighted by atomic mass is 10.2. The monoisotopic (exact) mass is 362 g/mol. The molecule has 0 saturated heterocycles. The van der Waals surface area contributed by atoms with Crippen LogP contribution >= 0.6 is 23.4 Å². The predicted molar refractivity (Wildman–Crippen MR) is 96.0 cm³/mol. The molecule has 0 aromatic heterocycles. The molecule has 0 saturated carbocycles. The molecule has 1 aliphatic heterocycles. The Morgan fingerprint density at radius 3 is 2.75 bits per heavy atom. The Morgan fingerprint density at radius 1 is 1.29 bits per heavy atom. The normalized spacial score (nSPS) is 16.1. The summed E-state index contributed by atoms with van der Waals surface area (Å²) in [4.78, 5) is 25.3. The summed E-state index contributed by atoms with van der Waals surface area (Å²) >= 11 is 7.29. The van der Waals surface area contributed by atoms with Crippen molar-refractivity contribution in [3.63, 3.8) is 0 Å². The number of ether oxygens (including phenoxy) is 1. The van der Waals surface area contributed by atoms with Gasteiger partial charge in [-0.2, -0.15) is 0 Å². The van der Waals surface area contributed by atoms with Gasteiger partial charge in [0.2, 0.25) is 11.8 Å². The van der Waals surface area contributed by atoms with Gasteiger partial charge in [-0.05, 0) is 42.5 Å². The number of nitrogens with one attached hydrogen (secondary N) is 2. The number of hydrogen-bond donors (Lipinski definition) is 2. The average molecular weight is 363 g/mol. The zero-order valence-electron chi connectivity index (χ0n) is 12.8. The zero-order valence-corrected chi connectivity index (χ0v) is 14.4. The van der Waals surface area contributed by atoms with E-state index in [2.05, 4.69) is 10.6 Å². The van der Waals surface area contributed by atoms with Crippen LogP contribution in [0.2, 0.25) is 5.02 Å². The Labute approximate surface area is 148 Å². The molecule has 0 fully saturated rings. The molecule has 0 unspecified atom stereocenters. The quantitative estimate of drug-likeness (QED) is 0.868. The molecule has 3 rings (SSSR count). The minimum Gasteiger partial charge on any atom is -0.497 e. The van der Waals surface area contributed by atoms with Gasteiger partial charge in [-0.3, -0.25) is 9.59 Å². The number of anilines is 2. The van der Waals surface area contributed by atoms with Crippen LogP contribution in [-0.2, 0) is 9.59 Å². The highest BCUT2D eigenvalue weighted by Crippen LogP contribution is 2.38. The molecule has 24 heavy (non-hydrogen) atoms. The first-order chi connectivity index (χ1) is 11.5. The highest BCUT2D eigenvalue weighted by atomic mass is 35.5. The third-order valence-corrected chi connectivity index (χ3v) is 5.02. The number of fused-ring (bicyclic) bond motifs is 1. The highest BCUT2D eigenvalue weighted by Gasteiger charge is 2.29. The van der Waals surface area contributed by atoms with Gasteiger partial charge in [0.15, 0.2) is 0 Å². The second-order valence-electron chi connectivity index (χ2n) is 5.22. The third-order valence-electron chi connectivity index (χ3n) is 3.51. The van der Waals surface area contributed by atoms with Crippen LogP contribution in [0.3, 0.4) is 0 Å². The number of rotatable bonds is 4. The van der Waals surface area contributed by atoms with Crippen molar-refractivity contribution in [2.45, 2.75) is 16.6 Å². The number of amides is 2. The Bertz CT molecular complexity index is 780. The molecule has 2 amide bonds. The standard InChI is InChI=1S/C17H15ClN2O3S/c1-23-12-5-3-11(4-6-12)19-16(21)9-15-17(22)20-13-8-10(18)2-7-14(13)24-15/h2-8,15H,9H2,1H3,(H,19,21)(H,20,22)/t15-/m1/s1. The lowest BCUT2D eigenvalue weighted by Gasteiger charge is -2.23. The van der Waals surface area contributed by atoms with E-state index in [1.54, 1.807) is 43.5 Å². The molecular formula is C17H15ClN2O3S. The molecule has 0 bridgehead atoms. The minimum absolute atomic E-state index is 0.0879. The number of carbonyl (C=O) groups is 2. The average Bonchev–Trinajstić information content (AvgIpc) is 2.56. The first-order valence-corrected chi connectivity index (χ1v) is 8.52. The molecule has 2 aromatic carbocycles. The van der Waals surface area contributed by atoms with Crippen LogP contribution in [0.4, 0.5) is 11.4 Å². The summed E-state index contributed by atoms with van der Waals surface area (Å²) in [7, 11) is 1.58. The van der Waals surface area contributed by atoms with Gasteiger partial charge in [0, 0.05) is 22.0 Å². The molecule has 2 aromatic rings. The van der Waals surface area contributed by atoms with E-state index in [1.165, 1.54) is 11.8 Å². The fourth-order valence-corrected chi connectivity index (χ4v) is 3.57. The van der Waals surface area contributed by atoms with Crippen molar-refractivity contribution in [2.24, 2.45) is 0 Å². The summed E-state index contributed by atoms with van der Waals surface area (Å²) in [6.45, 7) is 0. The van der Waals surface area contributed by atoms with E-state index in [1.807, 2.05) is 6.07 Å².